The Kier molecular flexibility index (Phi) is 5.32. The summed E-state index contributed by atoms with van der Waals surface area (Å²) in [4.78, 5) is 3.68. The van der Waals surface area contributed by atoms with Crippen LogP contribution in [0.5, 0.6) is 0 Å². The summed E-state index contributed by atoms with van der Waals surface area (Å²) < 4.78 is 0. The van der Waals surface area contributed by atoms with Crippen LogP contribution in [0.2, 0.25) is 0 Å². The van der Waals surface area contributed by atoms with Crippen molar-refractivity contribution in [3.63, 3.8) is 0 Å². The van der Waals surface area contributed by atoms with Gasteiger partial charge >= 0.3 is 0 Å². The third-order valence-corrected chi connectivity index (χ3v) is 1.29. The Morgan fingerprint density at radius 3 is 2.88 bits per heavy atom. The van der Waals surface area contributed by atoms with Crippen molar-refractivity contribution in [2.75, 3.05) is 19.2 Å². The maximum Gasteiger partial charge on any atom is 0.191 e. The van der Waals surface area contributed by atoms with E-state index < -0.39 is 0 Å². The zero-order valence-electron chi connectivity index (χ0n) is 4.94. The Morgan fingerprint density at radius 1 is 1.88 bits per heavy atom. The average Bonchev–Trinajstić information content (AvgIpc) is 1.83. The van der Waals surface area contributed by atoms with Gasteiger partial charge in [-0.2, -0.15) is 0 Å². The molecule has 0 saturated carbocycles. The number of rotatable bonds is 2. The number of amidine groups is 1. The summed E-state index contributed by atoms with van der Waals surface area (Å²) in [5, 5.41) is 3.33. The lowest BCUT2D eigenvalue weighted by Crippen LogP contribution is -2.16. The summed E-state index contributed by atoms with van der Waals surface area (Å²) in [7, 11) is 1.65. The fourth-order valence-corrected chi connectivity index (χ4v) is 0.638. The van der Waals surface area contributed by atoms with Crippen LogP contribution >= 0.6 is 23.4 Å². The molecule has 1 N–H and O–H groups in total. The molecule has 8 heavy (non-hydrogen) atoms. The molecule has 48 valence electrons. The zero-order chi connectivity index (χ0) is 6.41. The molecule has 0 bridgehead atoms. The third-order valence-electron chi connectivity index (χ3n) is 0.559. The molecule has 0 aliphatic carbocycles. The number of halogens is 1. The van der Waals surface area contributed by atoms with Crippen molar-refractivity contribution in [3.05, 3.63) is 0 Å². The number of aliphatic imine (C=N–C) groups is 1. The summed E-state index contributed by atoms with van der Waals surface area (Å²) in [5.74, 6) is 0.816. The molecule has 0 heterocycles. The van der Waals surface area contributed by atoms with Crippen LogP contribution in [-0.4, -0.2) is 24.5 Å². The second-order valence-corrected chi connectivity index (χ2v) is 2.35. The number of hydrogen-bond donors (Lipinski definition) is 1. The fraction of sp³-hybridized carbons (Fsp3) is 0.750. The molecule has 0 aromatic rings. The molecular weight excluding hydrogens is 144 g/mol. The Balaban J connectivity index is 3.12. The first-order chi connectivity index (χ1) is 3.81. The molecule has 0 atom stereocenters. The Labute approximate surface area is 58.7 Å². The van der Waals surface area contributed by atoms with Crippen LogP contribution in [0.25, 0.3) is 0 Å². The van der Waals surface area contributed by atoms with Gasteiger partial charge in [0.25, 0.3) is 0 Å². The molecule has 0 fully saturated rings. The highest BCUT2D eigenvalue weighted by molar-refractivity contribution is 7.98. The van der Waals surface area contributed by atoms with E-state index in [0.717, 1.165) is 5.88 Å². The van der Waals surface area contributed by atoms with Crippen LogP contribution in [0.15, 0.2) is 4.99 Å². The van der Waals surface area contributed by atoms with Crippen molar-refractivity contribution in [1.82, 2.24) is 5.32 Å². The van der Waals surface area contributed by atoms with Gasteiger partial charge in [0.2, 0.25) is 0 Å². The minimum absolute atomic E-state index is 0.472. The highest BCUT2D eigenvalue weighted by Crippen LogP contribution is 1.87. The van der Waals surface area contributed by atoms with Gasteiger partial charge in [0, 0.05) is 7.05 Å². The molecule has 0 amide bonds. The Morgan fingerprint density at radius 2 is 2.50 bits per heavy atom. The summed E-state index contributed by atoms with van der Waals surface area (Å²) in [6.07, 6.45) is 1.99. The van der Waals surface area contributed by atoms with Gasteiger partial charge in [0.1, 0.15) is 0 Å². The first kappa shape index (κ1) is 8.11. The monoisotopic (exact) mass is 152 g/mol. The molecule has 0 aromatic carbocycles. The minimum Gasteiger partial charge on any atom is -0.352 e. The van der Waals surface area contributed by atoms with Gasteiger partial charge in [0.05, 0.1) is 5.88 Å². The molecule has 0 aliphatic heterocycles. The molecule has 0 spiro atoms. The van der Waals surface area contributed by atoms with E-state index in [4.69, 9.17) is 11.6 Å². The minimum atomic E-state index is 0.472. The van der Waals surface area contributed by atoms with Crippen LogP contribution in [0, 0.1) is 0 Å². The SMILES string of the molecule is CN=C(Cl)NCSC. The number of nitrogens with one attached hydrogen (secondary N) is 1. The quantitative estimate of drug-likeness (QED) is 0.278. The van der Waals surface area contributed by atoms with E-state index in [-0.39, 0.29) is 0 Å². The largest absolute Gasteiger partial charge is 0.352 e. The van der Waals surface area contributed by atoms with Gasteiger partial charge in [-0.05, 0) is 17.9 Å². The van der Waals surface area contributed by atoms with Crippen molar-refractivity contribution in [2.45, 2.75) is 0 Å². The fourth-order valence-electron chi connectivity index (χ4n) is 0.211. The van der Waals surface area contributed by atoms with Crippen LogP contribution in [0.4, 0.5) is 0 Å². The summed E-state index contributed by atoms with van der Waals surface area (Å²) in [6, 6.07) is 0. The van der Waals surface area contributed by atoms with Gasteiger partial charge in [0.15, 0.2) is 5.29 Å². The normalized spacial score (nSPS) is 11.6. The van der Waals surface area contributed by atoms with E-state index >= 15 is 0 Å². The van der Waals surface area contributed by atoms with Gasteiger partial charge in [-0.3, -0.25) is 4.99 Å². The molecule has 0 radical (unpaired) electrons. The molecule has 0 aliphatic rings. The van der Waals surface area contributed by atoms with E-state index in [1.54, 1.807) is 18.8 Å². The van der Waals surface area contributed by atoms with Crippen molar-refractivity contribution in [3.8, 4) is 0 Å². The van der Waals surface area contributed by atoms with Crippen molar-refractivity contribution < 1.29 is 0 Å². The molecular formula is C4H9ClN2S. The summed E-state index contributed by atoms with van der Waals surface area (Å²) in [5.41, 5.74) is 0. The van der Waals surface area contributed by atoms with Crippen LogP contribution in [-0.2, 0) is 0 Å². The smallest absolute Gasteiger partial charge is 0.191 e. The van der Waals surface area contributed by atoms with E-state index in [2.05, 4.69) is 10.3 Å². The average molecular weight is 153 g/mol. The van der Waals surface area contributed by atoms with E-state index in [9.17, 15) is 0 Å². The van der Waals surface area contributed by atoms with E-state index in [0.29, 0.717) is 5.29 Å². The molecule has 0 unspecified atom stereocenters. The lowest BCUT2D eigenvalue weighted by molar-refractivity contribution is 1.14. The second-order valence-electron chi connectivity index (χ2n) is 1.12. The van der Waals surface area contributed by atoms with Crippen molar-refractivity contribution in [2.24, 2.45) is 4.99 Å². The van der Waals surface area contributed by atoms with Gasteiger partial charge in [-0.15, -0.1) is 11.8 Å². The predicted octanol–water partition coefficient (Wildman–Crippen LogP) is 1.12. The molecule has 2 nitrogen and oxygen atoms in total. The van der Waals surface area contributed by atoms with Crippen molar-refractivity contribution >= 4 is 28.7 Å². The molecule has 0 aromatic heterocycles. The van der Waals surface area contributed by atoms with Crippen LogP contribution in [0.1, 0.15) is 0 Å². The standard InChI is InChI=1S/C4H9ClN2S/c1-6-4(5)7-3-8-2/h3H2,1-2H3,(H,6,7). The second kappa shape index (κ2) is 5.25. The number of thioether (sulfide) groups is 1. The van der Waals surface area contributed by atoms with Crippen LogP contribution < -0.4 is 5.32 Å². The summed E-state index contributed by atoms with van der Waals surface area (Å²) in [6.45, 7) is 0. The van der Waals surface area contributed by atoms with Gasteiger partial charge in [-0.25, -0.2) is 0 Å². The predicted molar refractivity (Wildman–Crippen MR) is 40.7 cm³/mol. The first-order valence-electron chi connectivity index (χ1n) is 2.16. The third kappa shape index (κ3) is 4.27. The topological polar surface area (TPSA) is 24.4 Å². The lowest BCUT2D eigenvalue weighted by Gasteiger charge is -1.96. The first-order valence-corrected chi connectivity index (χ1v) is 3.93. The summed E-state index contributed by atoms with van der Waals surface area (Å²) >= 11 is 7.14. The van der Waals surface area contributed by atoms with E-state index in [1.807, 2.05) is 6.26 Å². The number of nitrogens with zero attached hydrogens (tertiary/aromatic N) is 1. The lowest BCUT2D eigenvalue weighted by atomic mass is 11.1. The highest BCUT2D eigenvalue weighted by atomic mass is 35.5. The Bertz CT molecular complexity index is 84.1. The molecule has 0 saturated heterocycles. The number of hydrogen-bond acceptors (Lipinski definition) is 2. The maximum absolute atomic E-state index is 5.47. The molecule has 4 heteroatoms. The van der Waals surface area contributed by atoms with Crippen LogP contribution in [0.3, 0.4) is 0 Å². The van der Waals surface area contributed by atoms with Gasteiger partial charge < -0.3 is 5.32 Å². The molecule has 0 rings (SSSR count). The van der Waals surface area contributed by atoms with Gasteiger partial charge in [-0.1, -0.05) is 0 Å². The Hall–Kier alpha value is 0.110. The zero-order valence-corrected chi connectivity index (χ0v) is 6.51. The van der Waals surface area contributed by atoms with E-state index in [1.165, 1.54) is 0 Å². The maximum atomic E-state index is 5.47. The van der Waals surface area contributed by atoms with Crippen molar-refractivity contribution in [1.29, 1.82) is 0 Å². The highest BCUT2D eigenvalue weighted by Gasteiger charge is 1.84.